The third-order valence-electron chi connectivity index (χ3n) is 13.5. The van der Waals surface area contributed by atoms with Crippen molar-refractivity contribution >= 4 is 47.2 Å². The van der Waals surface area contributed by atoms with Crippen molar-refractivity contribution in [1.29, 1.82) is 0 Å². The molecule has 5 N–H and O–H groups in total. The minimum atomic E-state index is -1.29. The molecule has 0 saturated carbocycles. The first-order valence-corrected chi connectivity index (χ1v) is 28.1. The molecule has 398 valence electrons. The summed E-state index contributed by atoms with van der Waals surface area (Å²) in [5.74, 6) is -1.99. The Morgan fingerprint density at radius 1 is 0.519 bits per heavy atom. The highest BCUT2D eigenvalue weighted by molar-refractivity contribution is 8.00. The normalized spacial score (nSPS) is 13.7. The van der Waals surface area contributed by atoms with Crippen LogP contribution in [0.15, 0.2) is 224 Å². The van der Waals surface area contributed by atoms with Crippen LogP contribution in [0, 0.1) is 5.92 Å². The van der Waals surface area contributed by atoms with Crippen LogP contribution in [-0.2, 0) is 39.8 Å². The van der Waals surface area contributed by atoms with Crippen LogP contribution >= 0.6 is 23.5 Å². The van der Waals surface area contributed by atoms with E-state index in [4.69, 9.17) is 4.74 Å². The van der Waals surface area contributed by atoms with E-state index in [1.165, 1.54) is 18.9 Å². The summed E-state index contributed by atoms with van der Waals surface area (Å²) in [6.07, 6.45) is 1.10. The zero-order valence-corrected chi connectivity index (χ0v) is 45.5. The molecule has 0 aliphatic heterocycles. The molecule has 3 amide bonds. The lowest BCUT2D eigenvalue weighted by Crippen LogP contribution is -2.58. The third-order valence-corrected chi connectivity index (χ3v) is 16.7. The van der Waals surface area contributed by atoms with Gasteiger partial charge >= 0.3 is 5.97 Å². The van der Waals surface area contributed by atoms with Crippen molar-refractivity contribution in [2.75, 3.05) is 18.6 Å². The molecule has 0 radical (unpaired) electrons. The summed E-state index contributed by atoms with van der Waals surface area (Å²) in [4.78, 5) is 56.0. The summed E-state index contributed by atoms with van der Waals surface area (Å²) in [7, 11) is 1.23. The number of methoxy groups -OCH3 is 1. The molecule has 0 fully saturated rings. The topological polar surface area (TPSA) is 154 Å². The van der Waals surface area contributed by atoms with E-state index in [1.807, 2.05) is 159 Å². The number of nitrogens with one attached hydrogen (secondary N) is 3. The highest BCUT2D eigenvalue weighted by atomic mass is 32.2. The Hall–Kier alpha value is -7.22. The predicted molar refractivity (Wildman–Crippen MR) is 311 cm³/mol. The largest absolute Gasteiger partial charge is 0.469 e. The van der Waals surface area contributed by atoms with Crippen molar-refractivity contribution in [2.24, 2.45) is 5.92 Å². The minimum Gasteiger partial charge on any atom is -0.469 e. The van der Waals surface area contributed by atoms with Crippen molar-refractivity contribution in [1.82, 2.24) is 16.0 Å². The maximum Gasteiger partial charge on any atom is 0.308 e. The van der Waals surface area contributed by atoms with Crippen LogP contribution in [0.2, 0.25) is 0 Å². The van der Waals surface area contributed by atoms with Crippen molar-refractivity contribution < 1.29 is 34.1 Å². The van der Waals surface area contributed by atoms with E-state index in [-0.39, 0.29) is 30.9 Å². The van der Waals surface area contributed by atoms with Crippen molar-refractivity contribution in [3.8, 4) is 0 Å². The van der Waals surface area contributed by atoms with E-state index in [2.05, 4.69) is 88.7 Å². The molecule has 5 atom stereocenters. The van der Waals surface area contributed by atoms with E-state index in [0.29, 0.717) is 12.2 Å². The summed E-state index contributed by atoms with van der Waals surface area (Å²) in [6.45, 7) is 3.64. The first-order valence-electron chi connectivity index (χ1n) is 26.1. The Morgan fingerprint density at radius 3 is 1.31 bits per heavy atom. The first-order chi connectivity index (χ1) is 37.4. The van der Waals surface area contributed by atoms with E-state index in [1.54, 1.807) is 17.8 Å². The van der Waals surface area contributed by atoms with E-state index >= 15 is 0 Å². The van der Waals surface area contributed by atoms with Gasteiger partial charge in [-0.3, -0.25) is 19.2 Å². The highest BCUT2D eigenvalue weighted by Crippen LogP contribution is 2.50. The zero-order chi connectivity index (χ0) is 54.5. The van der Waals surface area contributed by atoms with Crippen LogP contribution in [0.3, 0.4) is 0 Å². The van der Waals surface area contributed by atoms with Gasteiger partial charge in [0.15, 0.2) is 0 Å². The predicted octanol–water partition coefficient (Wildman–Crippen LogP) is 10.4. The molecule has 0 aromatic heterocycles. The fourth-order valence-corrected chi connectivity index (χ4v) is 12.7. The van der Waals surface area contributed by atoms with Gasteiger partial charge in [-0.05, 0) is 57.0 Å². The second-order valence-electron chi connectivity index (χ2n) is 19.2. The summed E-state index contributed by atoms with van der Waals surface area (Å²) in [5.41, 5.74) is 7.05. The Morgan fingerprint density at radius 2 is 0.909 bits per heavy atom. The minimum absolute atomic E-state index is 0.0329. The molecule has 7 aromatic rings. The number of amides is 3. The molecular weight excluding hydrogens is 999 g/mol. The highest BCUT2D eigenvalue weighted by Gasteiger charge is 2.40. The Kier molecular flexibility index (Phi) is 21.5. The van der Waals surface area contributed by atoms with Gasteiger partial charge in [0, 0.05) is 12.2 Å². The van der Waals surface area contributed by atoms with Gasteiger partial charge < -0.3 is 30.9 Å². The number of ether oxygens (including phenoxy) is 1. The maximum atomic E-state index is 14.9. The van der Waals surface area contributed by atoms with Crippen molar-refractivity contribution in [3.05, 3.63) is 263 Å². The van der Waals surface area contributed by atoms with Gasteiger partial charge in [0.05, 0.1) is 47.7 Å². The molecule has 0 unspecified atom stereocenters. The van der Waals surface area contributed by atoms with E-state index in [0.717, 1.165) is 38.9 Å². The number of aliphatic hydroxyl groups is 2. The van der Waals surface area contributed by atoms with Gasteiger partial charge in [0.25, 0.3) is 0 Å². The number of esters is 1. The molecule has 0 bridgehead atoms. The number of aliphatic hydroxyl groups excluding tert-OH is 2. The maximum absolute atomic E-state index is 14.9. The average Bonchev–Trinajstić information content (AvgIpc) is 3.47. The van der Waals surface area contributed by atoms with Crippen molar-refractivity contribution in [3.63, 3.8) is 0 Å². The van der Waals surface area contributed by atoms with Gasteiger partial charge in [-0.1, -0.05) is 238 Å². The van der Waals surface area contributed by atoms with Crippen molar-refractivity contribution in [2.45, 2.75) is 79.4 Å². The number of hydrogen-bond acceptors (Lipinski definition) is 9. The van der Waals surface area contributed by atoms with Gasteiger partial charge in [-0.2, -0.15) is 0 Å². The molecule has 7 rings (SSSR count). The number of allylic oxidation sites excluding steroid dienone is 1. The molecule has 0 heterocycles. The van der Waals surface area contributed by atoms with Gasteiger partial charge in [-0.15, -0.1) is 23.5 Å². The summed E-state index contributed by atoms with van der Waals surface area (Å²) >= 11 is 3.28. The fourth-order valence-electron chi connectivity index (χ4n) is 9.66. The lowest BCUT2D eigenvalue weighted by molar-refractivity contribution is -0.144. The number of benzene rings is 7. The molecule has 10 nitrogen and oxygen atoms in total. The third kappa shape index (κ3) is 15.3. The fraction of sp³-hybridized carbons (Fsp3) is 0.262. The number of hydrogen-bond donors (Lipinski definition) is 5. The van der Waals surface area contributed by atoms with Crippen LogP contribution in [0.4, 0.5) is 0 Å². The van der Waals surface area contributed by atoms with Gasteiger partial charge in [0.1, 0.15) is 12.1 Å². The average molecular weight is 1070 g/mol. The molecule has 0 saturated heterocycles. The number of carbonyl (C=O) groups excluding carboxylic acids is 4. The van der Waals surface area contributed by atoms with Crippen LogP contribution in [0.5, 0.6) is 0 Å². The molecular formula is C65H69N3O7S2. The Bertz CT molecular complexity index is 2740. The lowest BCUT2D eigenvalue weighted by atomic mass is 9.84. The van der Waals surface area contributed by atoms with Crippen LogP contribution in [-0.4, -0.2) is 82.9 Å². The summed E-state index contributed by atoms with van der Waals surface area (Å²) < 4.78 is 3.47. The molecule has 0 spiro atoms. The molecule has 0 aliphatic carbocycles. The number of rotatable bonds is 27. The molecule has 7 aromatic carbocycles. The second kappa shape index (κ2) is 28.8. The molecule has 77 heavy (non-hydrogen) atoms. The zero-order valence-electron chi connectivity index (χ0n) is 43.8. The smallest absolute Gasteiger partial charge is 0.308 e. The van der Waals surface area contributed by atoms with Gasteiger partial charge in [-0.25, -0.2) is 0 Å². The summed E-state index contributed by atoms with van der Waals surface area (Å²) in [6, 6.07) is 67.2. The SMILES string of the molecule is COC(=O)C[C@H](O)[C@H](NC(=O)[C@@H](CSC(c1ccccc1)(c1ccccc1)c1ccccc1)NC(=O)[C@@H](Cc1ccccc1)NC(=O)C[C@H](O)C=CCCSC(c1ccccc1)(c1ccccc1)c1ccccc1)C(C)C. The standard InChI is InChI=1S/C65H69N3O7S2/c1-47(2)61(58(70)45-60(72)75-3)68-63(74)57(46-77-65(52-35-19-8-20-36-52,53-37-21-9-22-38-53)54-39-23-10-24-40-54)67-62(73)56(43-48-27-11-4-12-28-48)66-59(71)44-55(69)41-25-26-42-76-64(49-29-13-5-14-30-49,50-31-15-6-16-32-50)51-33-17-7-18-34-51/h4-25,27-41,47,55-58,61,69-70H,26,42-46H2,1-3H3,(H,66,71)(H,67,73)(H,68,74)/t55-,56-,57-,58+,61-/m1/s1. The molecule has 12 heteroatoms. The number of carbonyl (C=O) groups is 4. The Labute approximate surface area is 462 Å². The summed E-state index contributed by atoms with van der Waals surface area (Å²) in [5, 5.41) is 31.4. The van der Waals surface area contributed by atoms with Crippen LogP contribution < -0.4 is 16.0 Å². The van der Waals surface area contributed by atoms with E-state index < -0.39 is 63.5 Å². The van der Waals surface area contributed by atoms with Crippen LogP contribution in [0.25, 0.3) is 0 Å². The second-order valence-corrected chi connectivity index (χ2v) is 21.7. The monoisotopic (exact) mass is 1070 g/mol. The Balaban J connectivity index is 1.12. The molecule has 0 aliphatic rings. The van der Waals surface area contributed by atoms with Gasteiger partial charge in [0.2, 0.25) is 17.7 Å². The lowest BCUT2D eigenvalue weighted by Gasteiger charge is -2.37. The van der Waals surface area contributed by atoms with E-state index in [9.17, 15) is 29.4 Å². The van der Waals surface area contributed by atoms with Crippen LogP contribution in [0.1, 0.15) is 72.1 Å². The number of thioether (sulfide) groups is 2. The quantitative estimate of drug-likeness (QED) is 0.0147. The first kappa shape index (κ1) is 57.5.